The standard InChI is InChI=1S/C15H25FN2O2S/c1-6-15(7-2,10-17)18(5)21(19,20)14-11(3)8-13(16)9-12(14)4/h8-9H,6-7,10,17H2,1-5H3. The first-order chi connectivity index (χ1) is 9.66. The highest BCUT2D eigenvalue weighted by Crippen LogP contribution is 2.31. The van der Waals surface area contributed by atoms with Crippen molar-refractivity contribution in [2.75, 3.05) is 13.6 Å². The summed E-state index contributed by atoms with van der Waals surface area (Å²) >= 11 is 0. The summed E-state index contributed by atoms with van der Waals surface area (Å²) in [6.07, 6.45) is 1.24. The van der Waals surface area contributed by atoms with Gasteiger partial charge in [-0.05, 0) is 49.9 Å². The first-order valence-electron chi connectivity index (χ1n) is 7.12. The maximum atomic E-state index is 13.4. The monoisotopic (exact) mass is 316 g/mol. The van der Waals surface area contributed by atoms with Gasteiger partial charge in [0.1, 0.15) is 5.82 Å². The van der Waals surface area contributed by atoms with E-state index in [2.05, 4.69) is 0 Å². The highest BCUT2D eigenvalue weighted by Gasteiger charge is 2.39. The highest BCUT2D eigenvalue weighted by molar-refractivity contribution is 7.89. The van der Waals surface area contributed by atoms with Crippen LogP contribution in [0.4, 0.5) is 4.39 Å². The molecule has 1 aromatic carbocycles. The third-order valence-electron chi connectivity index (χ3n) is 4.41. The maximum absolute atomic E-state index is 13.4. The Bertz CT molecular complexity index is 579. The van der Waals surface area contributed by atoms with Crippen LogP contribution in [-0.4, -0.2) is 31.9 Å². The number of benzene rings is 1. The van der Waals surface area contributed by atoms with E-state index in [1.807, 2.05) is 13.8 Å². The molecule has 0 saturated carbocycles. The molecule has 1 rings (SSSR count). The summed E-state index contributed by atoms with van der Waals surface area (Å²) in [6.45, 7) is 7.31. The lowest BCUT2D eigenvalue weighted by Crippen LogP contribution is -2.53. The number of sulfonamides is 1. The van der Waals surface area contributed by atoms with Gasteiger partial charge < -0.3 is 5.73 Å². The molecule has 0 aliphatic rings. The minimum absolute atomic E-state index is 0.172. The fraction of sp³-hybridized carbons (Fsp3) is 0.600. The topological polar surface area (TPSA) is 63.4 Å². The predicted molar refractivity (Wildman–Crippen MR) is 83.2 cm³/mol. The molecule has 0 fully saturated rings. The van der Waals surface area contributed by atoms with Crippen LogP contribution in [0.3, 0.4) is 0 Å². The molecule has 0 saturated heterocycles. The van der Waals surface area contributed by atoms with Crippen LogP contribution in [0.5, 0.6) is 0 Å². The van der Waals surface area contributed by atoms with Gasteiger partial charge in [0.2, 0.25) is 10.0 Å². The quantitative estimate of drug-likeness (QED) is 0.877. The number of halogens is 1. The lowest BCUT2D eigenvalue weighted by molar-refractivity contribution is 0.208. The summed E-state index contributed by atoms with van der Waals surface area (Å²) in [4.78, 5) is 0.172. The van der Waals surface area contributed by atoms with E-state index in [0.29, 0.717) is 24.0 Å². The molecule has 0 heterocycles. The van der Waals surface area contributed by atoms with Crippen molar-refractivity contribution in [2.24, 2.45) is 5.73 Å². The Morgan fingerprint density at radius 3 is 1.95 bits per heavy atom. The van der Waals surface area contributed by atoms with Gasteiger partial charge >= 0.3 is 0 Å². The van der Waals surface area contributed by atoms with Crippen LogP contribution in [-0.2, 0) is 10.0 Å². The molecule has 21 heavy (non-hydrogen) atoms. The summed E-state index contributed by atoms with van der Waals surface area (Å²) in [5.41, 5.74) is 6.05. The Morgan fingerprint density at radius 1 is 1.19 bits per heavy atom. The Kier molecular flexibility index (Phi) is 5.52. The van der Waals surface area contributed by atoms with Crippen molar-refractivity contribution < 1.29 is 12.8 Å². The predicted octanol–water partition coefficient (Wildman–Crippen LogP) is 2.58. The largest absolute Gasteiger partial charge is 0.329 e. The van der Waals surface area contributed by atoms with E-state index in [4.69, 9.17) is 5.73 Å². The van der Waals surface area contributed by atoms with Crippen LogP contribution in [0, 0.1) is 19.7 Å². The first kappa shape index (κ1) is 18.1. The normalized spacial score (nSPS) is 13.0. The van der Waals surface area contributed by atoms with Gasteiger partial charge in [0, 0.05) is 19.1 Å². The lowest BCUT2D eigenvalue weighted by atomic mass is 9.93. The van der Waals surface area contributed by atoms with Gasteiger partial charge in [-0.25, -0.2) is 12.8 Å². The van der Waals surface area contributed by atoms with Crippen molar-refractivity contribution in [1.82, 2.24) is 4.31 Å². The van der Waals surface area contributed by atoms with Gasteiger partial charge in [0.15, 0.2) is 0 Å². The molecular weight excluding hydrogens is 291 g/mol. The minimum atomic E-state index is -3.72. The number of nitrogens with two attached hydrogens (primary N) is 1. The molecule has 0 amide bonds. The fourth-order valence-electron chi connectivity index (χ4n) is 2.81. The van der Waals surface area contributed by atoms with Crippen molar-refractivity contribution in [3.05, 3.63) is 29.1 Å². The van der Waals surface area contributed by atoms with Gasteiger partial charge in [-0.2, -0.15) is 4.31 Å². The molecule has 0 atom stereocenters. The van der Waals surface area contributed by atoms with Crippen LogP contribution in [0.25, 0.3) is 0 Å². The zero-order valence-corrected chi connectivity index (χ0v) is 14.2. The second-order valence-corrected chi connectivity index (χ2v) is 7.38. The van der Waals surface area contributed by atoms with E-state index >= 15 is 0 Å². The van der Waals surface area contributed by atoms with Crippen LogP contribution in [0.2, 0.25) is 0 Å². The Labute approximate surface area is 127 Å². The maximum Gasteiger partial charge on any atom is 0.243 e. The van der Waals surface area contributed by atoms with E-state index < -0.39 is 21.4 Å². The summed E-state index contributed by atoms with van der Waals surface area (Å²) in [5.74, 6) is -0.428. The molecule has 4 nitrogen and oxygen atoms in total. The van der Waals surface area contributed by atoms with E-state index in [1.165, 1.54) is 16.4 Å². The smallest absolute Gasteiger partial charge is 0.243 e. The number of nitrogens with zero attached hydrogens (tertiary/aromatic N) is 1. The molecule has 0 aliphatic heterocycles. The van der Waals surface area contributed by atoms with Crippen molar-refractivity contribution in [3.8, 4) is 0 Å². The lowest BCUT2D eigenvalue weighted by Gasteiger charge is -2.39. The summed E-state index contributed by atoms with van der Waals surface area (Å²) < 4.78 is 40.7. The van der Waals surface area contributed by atoms with E-state index in [1.54, 1.807) is 20.9 Å². The van der Waals surface area contributed by atoms with Gasteiger partial charge in [0.25, 0.3) is 0 Å². The van der Waals surface area contributed by atoms with Gasteiger partial charge in [0.05, 0.1) is 4.90 Å². The summed E-state index contributed by atoms with van der Waals surface area (Å²) in [6, 6.07) is 2.49. The van der Waals surface area contributed by atoms with E-state index in [9.17, 15) is 12.8 Å². The van der Waals surface area contributed by atoms with Crippen molar-refractivity contribution in [3.63, 3.8) is 0 Å². The summed E-state index contributed by atoms with van der Waals surface area (Å²) in [5, 5.41) is 0. The number of rotatable bonds is 6. The van der Waals surface area contributed by atoms with Gasteiger partial charge in [-0.3, -0.25) is 0 Å². The Morgan fingerprint density at radius 2 is 1.62 bits per heavy atom. The van der Waals surface area contributed by atoms with E-state index in [-0.39, 0.29) is 11.4 Å². The molecule has 2 N–H and O–H groups in total. The Hall–Kier alpha value is -0.980. The number of hydrogen-bond donors (Lipinski definition) is 1. The molecule has 120 valence electrons. The summed E-state index contributed by atoms with van der Waals surface area (Å²) in [7, 11) is -2.17. The Balaban J connectivity index is 3.48. The van der Waals surface area contributed by atoms with Gasteiger partial charge in [-0.15, -0.1) is 0 Å². The van der Waals surface area contributed by atoms with Crippen LogP contribution >= 0.6 is 0 Å². The second-order valence-electron chi connectivity index (χ2n) is 5.48. The van der Waals surface area contributed by atoms with Crippen LogP contribution in [0.15, 0.2) is 17.0 Å². The molecule has 0 radical (unpaired) electrons. The molecule has 6 heteroatoms. The van der Waals surface area contributed by atoms with E-state index in [0.717, 1.165) is 0 Å². The van der Waals surface area contributed by atoms with Crippen LogP contribution in [0.1, 0.15) is 37.8 Å². The zero-order valence-electron chi connectivity index (χ0n) is 13.4. The minimum Gasteiger partial charge on any atom is -0.329 e. The fourth-order valence-corrected chi connectivity index (χ4v) is 4.86. The molecule has 0 aromatic heterocycles. The molecular formula is C15H25FN2O2S. The second kappa shape index (κ2) is 6.42. The van der Waals surface area contributed by atoms with Crippen molar-refractivity contribution >= 4 is 10.0 Å². The van der Waals surface area contributed by atoms with Crippen LogP contribution < -0.4 is 5.73 Å². The third-order valence-corrected chi connectivity index (χ3v) is 6.68. The number of likely N-dealkylation sites (N-methyl/N-ethyl adjacent to an activating group) is 1. The molecule has 0 aliphatic carbocycles. The molecule has 1 aromatic rings. The van der Waals surface area contributed by atoms with Crippen molar-refractivity contribution in [1.29, 1.82) is 0 Å². The van der Waals surface area contributed by atoms with Crippen molar-refractivity contribution in [2.45, 2.75) is 51.0 Å². The SMILES string of the molecule is CCC(CC)(CN)N(C)S(=O)(=O)c1c(C)cc(F)cc1C. The molecule has 0 spiro atoms. The first-order valence-corrected chi connectivity index (χ1v) is 8.56. The number of hydrogen-bond acceptors (Lipinski definition) is 3. The van der Waals surface area contributed by atoms with Gasteiger partial charge in [-0.1, -0.05) is 13.8 Å². The average Bonchev–Trinajstić information content (AvgIpc) is 2.39. The molecule has 0 unspecified atom stereocenters. The average molecular weight is 316 g/mol. The zero-order chi connectivity index (χ0) is 16.4. The highest BCUT2D eigenvalue weighted by atomic mass is 32.2. The molecule has 0 bridgehead atoms. The third kappa shape index (κ3) is 3.12. The number of aryl methyl sites for hydroxylation is 2.